The third-order valence-electron chi connectivity index (χ3n) is 8.70. The topological polar surface area (TPSA) is 96.4 Å². The molecule has 0 saturated carbocycles. The van der Waals surface area contributed by atoms with Crippen molar-refractivity contribution in [3.8, 4) is 0 Å². The van der Waals surface area contributed by atoms with Gasteiger partial charge >= 0.3 is 5.97 Å². The summed E-state index contributed by atoms with van der Waals surface area (Å²) in [6.07, 6.45) is 7.30. The van der Waals surface area contributed by atoms with Gasteiger partial charge in [0.25, 0.3) is 5.91 Å². The zero-order valence-corrected chi connectivity index (χ0v) is 23.5. The number of aryl methyl sites for hydroxylation is 2. The van der Waals surface area contributed by atoms with Crippen molar-refractivity contribution >= 4 is 23.5 Å². The lowest BCUT2D eigenvalue weighted by molar-refractivity contribution is -0.158. The van der Waals surface area contributed by atoms with Crippen LogP contribution in [0.15, 0.2) is 43.5 Å². The molecule has 2 bridgehead atoms. The lowest BCUT2D eigenvalue weighted by Gasteiger charge is -2.37. The summed E-state index contributed by atoms with van der Waals surface area (Å²) >= 11 is 0. The highest BCUT2D eigenvalue weighted by molar-refractivity contribution is 6.05. The van der Waals surface area contributed by atoms with Crippen molar-refractivity contribution in [2.24, 2.45) is 11.8 Å². The van der Waals surface area contributed by atoms with Gasteiger partial charge in [0.05, 0.1) is 11.5 Å². The van der Waals surface area contributed by atoms with Gasteiger partial charge in [0.1, 0.15) is 24.2 Å². The van der Waals surface area contributed by atoms with Gasteiger partial charge in [-0.25, -0.2) is 0 Å². The smallest absolute Gasteiger partial charge is 0.313 e. The Morgan fingerprint density at radius 1 is 1.15 bits per heavy atom. The van der Waals surface area contributed by atoms with Crippen molar-refractivity contribution in [2.75, 3.05) is 31.2 Å². The zero-order chi connectivity index (χ0) is 28.4. The molecule has 3 heterocycles. The summed E-state index contributed by atoms with van der Waals surface area (Å²) in [5.41, 5.74) is 0.717. The number of carbonyl (C=O) groups is 3. The first-order valence-electron chi connectivity index (χ1n) is 14.0. The van der Waals surface area contributed by atoms with Crippen LogP contribution in [-0.2, 0) is 23.9 Å². The van der Waals surface area contributed by atoms with Crippen molar-refractivity contribution in [1.29, 1.82) is 0 Å². The van der Waals surface area contributed by atoms with E-state index in [1.54, 1.807) is 15.9 Å². The molecule has 3 aliphatic rings. The van der Waals surface area contributed by atoms with Crippen LogP contribution in [0.3, 0.4) is 0 Å². The lowest BCUT2D eigenvalue weighted by Crippen LogP contribution is -2.56. The number of esters is 1. The Hall–Kier alpha value is -2.97. The molecule has 0 aromatic heterocycles. The number of hydrogen-bond acceptors (Lipinski definition) is 6. The Morgan fingerprint density at radius 3 is 2.49 bits per heavy atom. The van der Waals surface area contributed by atoms with Gasteiger partial charge in [-0.2, -0.15) is 0 Å². The first kappa shape index (κ1) is 29.0. The second-order valence-electron chi connectivity index (χ2n) is 11.3. The Bertz CT molecular complexity index is 1110. The molecular weight excluding hydrogens is 496 g/mol. The fraction of sp³-hybridized carbons (Fsp3) is 0.581. The minimum Gasteiger partial charge on any atom is -0.461 e. The van der Waals surface area contributed by atoms with Crippen LogP contribution in [0.25, 0.3) is 0 Å². The Balaban J connectivity index is 1.76. The second-order valence-corrected chi connectivity index (χ2v) is 11.3. The van der Waals surface area contributed by atoms with Crippen LogP contribution < -0.4 is 4.90 Å². The number of unbranched alkanes of at least 4 members (excludes halogenated alkanes) is 3. The van der Waals surface area contributed by atoms with Gasteiger partial charge < -0.3 is 24.4 Å². The van der Waals surface area contributed by atoms with E-state index < -0.39 is 35.0 Å². The molecule has 0 radical (unpaired) electrons. The fourth-order valence-corrected chi connectivity index (χ4v) is 7.08. The Kier molecular flexibility index (Phi) is 8.66. The monoisotopic (exact) mass is 538 g/mol. The van der Waals surface area contributed by atoms with E-state index in [0.717, 1.165) is 29.7 Å². The molecule has 4 rings (SSSR count). The third kappa shape index (κ3) is 4.93. The molecule has 8 heteroatoms. The highest BCUT2D eigenvalue weighted by atomic mass is 16.6. The molecule has 1 aromatic rings. The summed E-state index contributed by atoms with van der Waals surface area (Å²) in [7, 11) is 0. The molecule has 2 amide bonds. The summed E-state index contributed by atoms with van der Waals surface area (Å²) in [5, 5.41) is 9.16. The molecule has 1 aromatic carbocycles. The molecule has 1 spiro atoms. The summed E-state index contributed by atoms with van der Waals surface area (Å²) in [4.78, 5) is 45.5. The zero-order valence-electron chi connectivity index (χ0n) is 23.5. The number of amides is 2. The highest BCUT2D eigenvalue weighted by Gasteiger charge is 2.78. The number of likely N-dealkylation sites (tertiary alicyclic amines) is 1. The number of fused-ring (bicyclic) bond motifs is 1. The van der Waals surface area contributed by atoms with Crippen LogP contribution in [0.5, 0.6) is 0 Å². The van der Waals surface area contributed by atoms with E-state index in [-0.39, 0.29) is 31.6 Å². The van der Waals surface area contributed by atoms with Crippen molar-refractivity contribution in [1.82, 2.24) is 4.90 Å². The molecule has 3 saturated heterocycles. The minimum absolute atomic E-state index is 0.0515. The molecule has 3 fully saturated rings. The number of anilines is 1. The largest absolute Gasteiger partial charge is 0.461 e. The average Bonchev–Trinajstić information content (AvgIpc) is 3.47. The molecule has 5 atom stereocenters. The number of para-hydroxylation sites is 1. The van der Waals surface area contributed by atoms with Crippen molar-refractivity contribution in [3.63, 3.8) is 0 Å². The molecule has 1 N–H and O–H groups in total. The molecule has 212 valence electrons. The Morgan fingerprint density at radius 2 is 1.85 bits per heavy atom. The van der Waals surface area contributed by atoms with E-state index in [1.165, 1.54) is 6.08 Å². The van der Waals surface area contributed by atoms with Gasteiger partial charge in [-0.1, -0.05) is 49.8 Å². The van der Waals surface area contributed by atoms with E-state index in [2.05, 4.69) is 13.2 Å². The number of aliphatic hydroxyl groups excluding tert-OH is 1. The van der Waals surface area contributed by atoms with Crippen LogP contribution >= 0.6 is 0 Å². The van der Waals surface area contributed by atoms with Crippen LogP contribution in [0, 0.1) is 25.7 Å². The van der Waals surface area contributed by atoms with Crippen LogP contribution in [0.2, 0.25) is 0 Å². The average molecular weight is 539 g/mol. The highest BCUT2D eigenvalue weighted by Crippen LogP contribution is 2.63. The van der Waals surface area contributed by atoms with Crippen LogP contribution in [0.1, 0.15) is 56.6 Å². The number of nitrogens with zero attached hydrogens (tertiary/aromatic N) is 2. The quantitative estimate of drug-likeness (QED) is 0.233. The minimum atomic E-state index is -1.11. The van der Waals surface area contributed by atoms with E-state index in [4.69, 9.17) is 14.6 Å². The van der Waals surface area contributed by atoms with E-state index in [0.29, 0.717) is 32.2 Å². The molecule has 0 aliphatic carbocycles. The molecular formula is C31H42N2O6. The van der Waals surface area contributed by atoms with Crippen molar-refractivity contribution < 1.29 is 29.0 Å². The number of rotatable bonds is 13. The van der Waals surface area contributed by atoms with Crippen molar-refractivity contribution in [2.45, 2.75) is 76.5 Å². The van der Waals surface area contributed by atoms with Gasteiger partial charge in [0, 0.05) is 25.4 Å². The van der Waals surface area contributed by atoms with Crippen LogP contribution in [0.4, 0.5) is 5.69 Å². The first-order chi connectivity index (χ1) is 18.7. The molecule has 8 nitrogen and oxygen atoms in total. The van der Waals surface area contributed by atoms with E-state index in [1.807, 2.05) is 39.0 Å². The van der Waals surface area contributed by atoms with Gasteiger partial charge in [-0.3, -0.25) is 14.4 Å². The normalized spacial score (nSPS) is 28.9. The summed E-state index contributed by atoms with van der Waals surface area (Å²) in [5.74, 6) is -2.50. The fourth-order valence-electron chi connectivity index (χ4n) is 7.08. The summed E-state index contributed by atoms with van der Waals surface area (Å²) in [6.45, 7) is 14.2. The van der Waals surface area contributed by atoms with Crippen molar-refractivity contribution in [3.05, 3.63) is 54.6 Å². The van der Waals surface area contributed by atoms with Crippen LogP contribution in [-0.4, -0.2) is 71.3 Å². The molecule has 3 aliphatic heterocycles. The predicted octanol–water partition coefficient (Wildman–Crippen LogP) is 3.87. The number of hydrogen-bond donors (Lipinski definition) is 1. The standard InChI is InChI=1S/C31H42N2O6/c1-6-17-32(25-21(3)13-12-14-22(25)4)28(36)26-31-16-15-30(5,39-31)24(29(37)38-20-7-2)23(31)27(35)33(26)18-10-8-9-11-19-34/h6-7,12-14,23-24,26,34H,1-2,8-11,15-20H2,3-5H3/t23-,24-,26?,30+,31?/m0/s1. The van der Waals surface area contributed by atoms with E-state index >= 15 is 0 Å². The van der Waals surface area contributed by atoms with Gasteiger partial charge in [-0.15, -0.1) is 6.58 Å². The second kappa shape index (κ2) is 11.6. The maximum Gasteiger partial charge on any atom is 0.313 e. The maximum atomic E-state index is 14.7. The SMILES string of the molecule is C=CCOC(=O)[C@@H]1[C@H]2C(=O)N(CCCCCCO)C(C(=O)N(CC=C)c3c(C)cccc3C)C23CC[C@@]1(C)O3. The van der Waals surface area contributed by atoms with E-state index in [9.17, 15) is 14.4 Å². The third-order valence-corrected chi connectivity index (χ3v) is 8.70. The number of benzene rings is 1. The molecule has 39 heavy (non-hydrogen) atoms. The number of aliphatic hydroxyl groups is 1. The molecule has 2 unspecified atom stereocenters. The lowest BCUT2D eigenvalue weighted by atomic mass is 9.66. The predicted molar refractivity (Wildman–Crippen MR) is 149 cm³/mol. The number of ether oxygens (including phenoxy) is 2. The van der Waals surface area contributed by atoms with Gasteiger partial charge in [-0.05, 0) is 57.6 Å². The summed E-state index contributed by atoms with van der Waals surface area (Å²) < 4.78 is 12.1. The summed E-state index contributed by atoms with van der Waals surface area (Å²) in [6, 6.07) is 5.02. The first-order valence-corrected chi connectivity index (χ1v) is 14.0. The van der Waals surface area contributed by atoms with Gasteiger partial charge in [0.2, 0.25) is 5.91 Å². The Labute approximate surface area is 231 Å². The number of carbonyl (C=O) groups excluding carboxylic acids is 3. The maximum absolute atomic E-state index is 14.7. The van der Waals surface area contributed by atoms with Gasteiger partial charge in [0.15, 0.2) is 0 Å².